The van der Waals surface area contributed by atoms with Crippen molar-refractivity contribution in [2.24, 2.45) is 5.92 Å². The van der Waals surface area contributed by atoms with Gasteiger partial charge < -0.3 is 5.32 Å². The third-order valence-electron chi connectivity index (χ3n) is 5.44. The minimum atomic E-state index is -4.54. The monoisotopic (exact) mass is 481 g/mol. The number of alkyl halides is 3. The largest absolute Gasteiger partial charge is 0.411 e. The summed E-state index contributed by atoms with van der Waals surface area (Å²) in [5.74, 6) is -1.14. The number of carbonyl (C=O) groups is 1. The van der Waals surface area contributed by atoms with E-state index in [4.69, 9.17) is 0 Å². The molecule has 1 aromatic carbocycles. The van der Waals surface area contributed by atoms with Gasteiger partial charge in [-0.2, -0.15) is 17.5 Å². The molecule has 1 saturated heterocycles. The molecule has 1 amide bonds. The van der Waals surface area contributed by atoms with Crippen molar-refractivity contribution < 1.29 is 34.8 Å². The van der Waals surface area contributed by atoms with E-state index in [-0.39, 0.29) is 48.9 Å². The SMILES string of the molecule is C=CS(=O)(=O)NC[C@H]1CCN(S(=O)(=O)c2ccc(C(=O)NC3(C(F)(F)F)CC3)cc2)C1. The quantitative estimate of drug-likeness (QED) is 0.586. The molecule has 172 valence electrons. The van der Waals surface area contributed by atoms with Gasteiger partial charge in [0.05, 0.1) is 4.90 Å². The molecule has 0 radical (unpaired) electrons. The van der Waals surface area contributed by atoms with Crippen LogP contribution >= 0.6 is 0 Å². The molecule has 2 N–H and O–H groups in total. The molecule has 31 heavy (non-hydrogen) atoms. The summed E-state index contributed by atoms with van der Waals surface area (Å²) in [5.41, 5.74) is -2.28. The summed E-state index contributed by atoms with van der Waals surface area (Å²) >= 11 is 0. The van der Waals surface area contributed by atoms with Crippen LogP contribution in [0.25, 0.3) is 0 Å². The number of halogens is 3. The maximum atomic E-state index is 13.0. The van der Waals surface area contributed by atoms with Gasteiger partial charge in [-0.25, -0.2) is 21.6 Å². The summed E-state index contributed by atoms with van der Waals surface area (Å²) in [6.07, 6.45) is -4.46. The van der Waals surface area contributed by atoms with Crippen LogP contribution in [0.1, 0.15) is 29.6 Å². The van der Waals surface area contributed by atoms with Gasteiger partial charge in [0.1, 0.15) is 5.54 Å². The lowest BCUT2D eigenvalue weighted by atomic mass is 10.1. The van der Waals surface area contributed by atoms with Gasteiger partial charge in [0.25, 0.3) is 5.91 Å². The van der Waals surface area contributed by atoms with Crippen LogP contribution in [-0.2, 0) is 20.0 Å². The average molecular weight is 482 g/mol. The third-order valence-corrected chi connectivity index (χ3v) is 8.33. The van der Waals surface area contributed by atoms with Crippen LogP contribution in [0.4, 0.5) is 13.2 Å². The minimum absolute atomic E-state index is 0.0699. The fraction of sp³-hybridized carbons (Fsp3) is 0.500. The molecule has 1 aliphatic heterocycles. The standard InChI is InChI=1S/C18H22F3N3O5S2/c1-2-30(26,27)22-11-13-7-10-24(12-13)31(28,29)15-5-3-14(4-6-15)16(25)23-17(8-9-17)18(19,20)21/h2-6,13,22H,1,7-12H2,(H,23,25)/t13-/m1/s1. The number of nitrogens with zero attached hydrogens (tertiary/aromatic N) is 1. The van der Waals surface area contributed by atoms with Gasteiger partial charge in [0.15, 0.2) is 0 Å². The van der Waals surface area contributed by atoms with Gasteiger partial charge >= 0.3 is 6.18 Å². The first-order valence-corrected chi connectivity index (χ1v) is 12.4. The van der Waals surface area contributed by atoms with Crippen molar-refractivity contribution in [2.45, 2.75) is 35.9 Å². The molecule has 1 heterocycles. The Balaban J connectivity index is 1.64. The van der Waals surface area contributed by atoms with Crippen LogP contribution in [0.15, 0.2) is 41.1 Å². The molecule has 2 aliphatic rings. The molecule has 2 fully saturated rings. The van der Waals surface area contributed by atoms with Crippen molar-refractivity contribution in [3.63, 3.8) is 0 Å². The van der Waals surface area contributed by atoms with Crippen LogP contribution in [0, 0.1) is 5.92 Å². The average Bonchev–Trinajstić information content (AvgIpc) is 3.34. The Morgan fingerprint density at radius 2 is 1.81 bits per heavy atom. The number of hydrogen-bond acceptors (Lipinski definition) is 5. The van der Waals surface area contributed by atoms with Crippen molar-refractivity contribution in [3.05, 3.63) is 41.8 Å². The molecule has 1 atom stereocenters. The van der Waals surface area contributed by atoms with E-state index in [1.807, 2.05) is 5.32 Å². The van der Waals surface area contributed by atoms with Crippen LogP contribution in [0.3, 0.4) is 0 Å². The number of hydrogen-bond donors (Lipinski definition) is 2. The van der Waals surface area contributed by atoms with Crippen LogP contribution < -0.4 is 10.0 Å². The van der Waals surface area contributed by atoms with E-state index in [1.165, 1.54) is 28.6 Å². The molecule has 0 spiro atoms. The van der Waals surface area contributed by atoms with Gasteiger partial charge in [0, 0.05) is 30.6 Å². The topological polar surface area (TPSA) is 113 Å². The second kappa shape index (κ2) is 8.19. The number of benzene rings is 1. The molecular weight excluding hydrogens is 459 g/mol. The predicted molar refractivity (Wildman–Crippen MR) is 106 cm³/mol. The highest BCUT2D eigenvalue weighted by molar-refractivity contribution is 7.92. The molecule has 13 heteroatoms. The number of sulfonamides is 2. The zero-order chi connectivity index (χ0) is 23.1. The van der Waals surface area contributed by atoms with E-state index >= 15 is 0 Å². The van der Waals surface area contributed by atoms with Gasteiger partial charge in [-0.15, -0.1) is 0 Å². The van der Waals surface area contributed by atoms with Gasteiger partial charge in [-0.3, -0.25) is 4.79 Å². The van der Waals surface area contributed by atoms with Crippen molar-refractivity contribution in [3.8, 4) is 0 Å². The van der Waals surface area contributed by atoms with E-state index in [9.17, 15) is 34.8 Å². The summed E-state index contributed by atoms with van der Waals surface area (Å²) in [6.45, 7) is 3.56. The Kier molecular flexibility index (Phi) is 6.26. The Morgan fingerprint density at radius 1 is 1.19 bits per heavy atom. The third kappa shape index (κ3) is 5.10. The fourth-order valence-electron chi connectivity index (χ4n) is 3.30. The van der Waals surface area contributed by atoms with Gasteiger partial charge in [-0.05, 0) is 49.4 Å². The van der Waals surface area contributed by atoms with Crippen LogP contribution in [-0.4, -0.2) is 58.4 Å². The van der Waals surface area contributed by atoms with Gasteiger partial charge in [-0.1, -0.05) is 6.58 Å². The molecule has 1 saturated carbocycles. The first kappa shape index (κ1) is 23.7. The van der Waals surface area contributed by atoms with E-state index < -0.39 is 37.7 Å². The van der Waals surface area contributed by atoms with Crippen molar-refractivity contribution in [2.75, 3.05) is 19.6 Å². The Hall–Kier alpha value is -1.96. The molecule has 0 unspecified atom stereocenters. The van der Waals surface area contributed by atoms with Gasteiger partial charge in [0.2, 0.25) is 20.0 Å². The first-order valence-electron chi connectivity index (χ1n) is 9.41. The lowest BCUT2D eigenvalue weighted by molar-refractivity contribution is -0.163. The molecule has 0 aromatic heterocycles. The minimum Gasteiger partial charge on any atom is -0.338 e. The Bertz CT molecular complexity index is 1070. The molecule has 8 nitrogen and oxygen atoms in total. The summed E-state index contributed by atoms with van der Waals surface area (Å²) in [4.78, 5) is 12.0. The molecule has 1 aromatic rings. The summed E-state index contributed by atoms with van der Waals surface area (Å²) in [7, 11) is -7.50. The number of amides is 1. The van der Waals surface area contributed by atoms with Crippen molar-refractivity contribution >= 4 is 26.0 Å². The molecule has 1 aliphatic carbocycles. The van der Waals surface area contributed by atoms with E-state index in [0.717, 1.165) is 5.41 Å². The molecule has 3 rings (SSSR count). The second-order valence-corrected chi connectivity index (χ2v) is 11.3. The van der Waals surface area contributed by atoms with E-state index in [1.54, 1.807) is 0 Å². The zero-order valence-corrected chi connectivity index (χ0v) is 18.0. The maximum Gasteiger partial charge on any atom is 0.411 e. The predicted octanol–water partition coefficient (Wildman–Crippen LogP) is 1.58. The lowest BCUT2D eigenvalue weighted by Gasteiger charge is -2.21. The zero-order valence-electron chi connectivity index (χ0n) is 16.4. The van der Waals surface area contributed by atoms with Crippen LogP contribution in [0.5, 0.6) is 0 Å². The number of rotatable bonds is 8. The van der Waals surface area contributed by atoms with E-state index in [0.29, 0.717) is 6.42 Å². The highest BCUT2D eigenvalue weighted by atomic mass is 32.2. The van der Waals surface area contributed by atoms with Crippen molar-refractivity contribution in [1.29, 1.82) is 0 Å². The first-order chi connectivity index (χ1) is 14.3. The highest BCUT2D eigenvalue weighted by Gasteiger charge is 2.64. The second-order valence-electron chi connectivity index (χ2n) is 7.64. The summed E-state index contributed by atoms with van der Waals surface area (Å²) in [6, 6.07) is 4.68. The molecular formula is C18H22F3N3O5S2. The highest BCUT2D eigenvalue weighted by Crippen LogP contribution is 2.49. The maximum absolute atomic E-state index is 13.0. The Labute approximate surface area is 178 Å². The summed E-state index contributed by atoms with van der Waals surface area (Å²) in [5, 5.41) is 2.76. The van der Waals surface area contributed by atoms with Crippen molar-refractivity contribution in [1.82, 2.24) is 14.3 Å². The van der Waals surface area contributed by atoms with E-state index in [2.05, 4.69) is 11.3 Å². The number of carbonyl (C=O) groups excluding carboxylic acids is 1. The molecule has 0 bridgehead atoms. The smallest absolute Gasteiger partial charge is 0.338 e. The van der Waals surface area contributed by atoms with Crippen LogP contribution in [0.2, 0.25) is 0 Å². The summed E-state index contributed by atoms with van der Waals surface area (Å²) < 4.78 is 91.0. The Morgan fingerprint density at radius 3 is 2.32 bits per heavy atom. The lowest BCUT2D eigenvalue weighted by Crippen LogP contribution is -2.47. The fourth-order valence-corrected chi connectivity index (χ4v) is 5.41. The number of nitrogens with one attached hydrogen (secondary N) is 2. The normalized spacial score (nSPS) is 21.6.